The van der Waals surface area contributed by atoms with Crippen LogP contribution in [0.25, 0.3) is 0 Å². The van der Waals surface area contributed by atoms with Gasteiger partial charge in [0.05, 0.1) is 13.0 Å². The molecule has 86 valence electrons. The lowest BCUT2D eigenvalue weighted by Crippen LogP contribution is -2.11. The highest BCUT2D eigenvalue weighted by Crippen LogP contribution is 2.39. The van der Waals surface area contributed by atoms with Gasteiger partial charge in [-0.25, -0.2) is 0 Å². The Morgan fingerprint density at radius 2 is 2.06 bits per heavy atom. The van der Waals surface area contributed by atoms with Crippen molar-refractivity contribution in [1.82, 2.24) is 0 Å². The lowest BCUT2D eigenvalue weighted by atomic mass is 10.2. The van der Waals surface area contributed by atoms with Gasteiger partial charge < -0.3 is 9.47 Å². The molecule has 0 radical (unpaired) electrons. The van der Waals surface area contributed by atoms with Gasteiger partial charge in [0.1, 0.15) is 0 Å². The Balaban J connectivity index is 2.11. The predicted molar refractivity (Wildman–Crippen MR) is 60.6 cm³/mol. The summed E-state index contributed by atoms with van der Waals surface area (Å²) in [6.07, 6.45) is 0.938. The van der Waals surface area contributed by atoms with E-state index < -0.39 is 0 Å². The van der Waals surface area contributed by atoms with E-state index in [1.54, 1.807) is 13.2 Å². The molecule has 0 saturated heterocycles. The first-order valence-electron chi connectivity index (χ1n) is 5.48. The van der Waals surface area contributed by atoms with Gasteiger partial charge in [0.25, 0.3) is 0 Å². The molecule has 0 aliphatic heterocycles. The summed E-state index contributed by atoms with van der Waals surface area (Å²) in [6, 6.07) is 5.54. The molecule has 2 atom stereocenters. The van der Waals surface area contributed by atoms with Crippen LogP contribution in [0.4, 0.5) is 0 Å². The zero-order valence-electron chi connectivity index (χ0n) is 9.82. The Bertz CT molecular complexity index is 412. The minimum Gasteiger partial charge on any atom is -0.493 e. The fraction of sp³-hybridized carbons (Fsp3) is 0.462. The van der Waals surface area contributed by atoms with Gasteiger partial charge in [-0.2, -0.15) is 0 Å². The molecule has 0 amide bonds. The Labute approximate surface area is 95.4 Å². The Hall–Kier alpha value is -1.51. The zero-order valence-corrected chi connectivity index (χ0v) is 9.82. The molecule has 2 rings (SSSR count). The average molecular weight is 220 g/mol. The van der Waals surface area contributed by atoms with E-state index >= 15 is 0 Å². The number of rotatable bonds is 3. The molecule has 1 aliphatic rings. The second-order valence-corrected chi connectivity index (χ2v) is 4.39. The van der Waals surface area contributed by atoms with Crippen molar-refractivity contribution in [2.45, 2.75) is 20.3 Å². The maximum Gasteiger partial charge on any atom is 0.314 e. The number of methoxy groups -OCH3 is 1. The van der Waals surface area contributed by atoms with Crippen LogP contribution in [-0.2, 0) is 4.79 Å². The lowest BCUT2D eigenvalue weighted by molar-refractivity contribution is -0.136. The van der Waals surface area contributed by atoms with Gasteiger partial charge in [-0.05, 0) is 37.0 Å². The first kappa shape index (κ1) is 11.0. The Kier molecular flexibility index (Phi) is 2.86. The molecule has 1 saturated carbocycles. The van der Waals surface area contributed by atoms with Crippen LogP contribution in [0.15, 0.2) is 18.2 Å². The number of aryl methyl sites for hydroxylation is 1. The van der Waals surface area contributed by atoms with E-state index in [0.29, 0.717) is 17.4 Å². The summed E-state index contributed by atoms with van der Waals surface area (Å²) < 4.78 is 10.5. The topological polar surface area (TPSA) is 35.5 Å². The third kappa shape index (κ3) is 2.18. The third-order valence-electron chi connectivity index (χ3n) is 2.94. The molecule has 3 heteroatoms. The van der Waals surface area contributed by atoms with Crippen LogP contribution in [0.2, 0.25) is 0 Å². The summed E-state index contributed by atoms with van der Waals surface area (Å²) >= 11 is 0. The quantitative estimate of drug-likeness (QED) is 0.580. The number of carbonyl (C=O) groups is 1. The van der Waals surface area contributed by atoms with E-state index in [2.05, 4.69) is 6.92 Å². The van der Waals surface area contributed by atoms with Crippen LogP contribution in [0.3, 0.4) is 0 Å². The molecular weight excluding hydrogens is 204 g/mol. The lowest BCUT2D eigenvalue weighted by Gasteiger charge is -2.09. The van der Waals surface area contributed by atoms with Crippen LogP contribution < -0.4 is 9.47 Å². The van der Waals surface area contributed by atoms with Crippen molar-refractivity contribution < 1.29 is 14.3 Å². The van der Waals surface area contributed by atoms with Crippen molar-refractivity contribution >= 4 is 5.97 Å². The van der Waals surface area contributed by atoms with E-state index in [1.807, 2.05) is 19.1 Å². The standard InChI is InChI=1S/C13H16O3/c1-8-4-5-11(12(6-8)15-3)16-13(14)10-7-9(10)2/h4-6,9-10H,7H2,1-3H3. The third-order valence-corrected chi connectivity index (χ3v) is 2.94. The van der Waals surface area contributed by atoms with Gasteiger partial charge in [-0.15, -0.1) is 0 Å². The highest BCUT2D eigenvalue weighted by molar-refractivity contribution is 5.78. The Morgan fingerprint density at radius 1 is 1.38 bits per heavy atom. The molecule has 16 heavy (non-hydrogen) atoms. The van der Waals surface area contributed by atoms with E-state index in [9.17, 15) is 4.79 Å². The summed E-state index contributed by atoms with van der Waals surface area (Å²) in [5.74, 6) is 1.52. The fourth-order valence-corrected chi connectivity index (χ4v) is 1.69. The van der Waals surface area contributed by atoms with Crippen molar-refractivity contribution in [1.29, 1.82) is 0 Å². The predicted octanol–water partition coefficient (Wildman–Crippen LogP) is 2.57. The van der Waals surface area contributed by atoms with Gasteiger partial charge in [0, 0.05) is 0 Å². The number of ether oxygens (including phenoxy) is 2. The van der Waals surface area contributed by atoms with E-state index in [1.165, 1.54) is 0 Å². The van der Waals surface area contributed by atoms with Crippen molar-refractivity contribution in [3.63, 3.8) is 0 Å². The monoisotopic (exact) mass is 220 g/mol. The van der Waals surface area contributed by atoms with Crippen LogP contribution in [0.5, 0.6) is 11.5 Å². The molecule has 1 fully saturated rings. The summed E-state index contributed by atoms with van der Waals surface area (Å²) in [6.45, 7) is 4.02. The molecule has 3 nitrogen and oxygen atoms in total. The minimum atomic E-state index is -0.144. The van der Waals surface area contributed by atoms with Gasteiger partial charge in [-0.3, -0.25) is 4.79 Å². The second kappa shape index (κ2) is 4.16. The molecular formula is C13H16O3. The number of hydrogen-bond acceptors (Lipinski definition) is 3. The van der Waals surface area contributed by atoms with Gasteiger partial charge in [0.2, 0.25) is 0 Å². The smallest absolute Gasteiger partial charge is 0.314 e. The number of esters is 1. The number of benzene rings is 1. The van der Waals surface area contributed by atoms with Crippen LogP contribution >= 0.6 is 0 Å². The molecule has 2 unspecified atom stereocenters. The molecule has 0 bridgehead atoms. The van der Waals surface area contributed by atoms with Crippen LogP contribution in [0, 0.1) is 18.8 Å². The maximum absolute atomic E-state index is 11.7. The van der Waals surface area contributed by atoms with Gasteiger partial charge in [0.15, 0.2) is 11.5 Å². The highest BCUT2D eigenvalue weighted by atomic mass is 16.6. The fourth-order valence-electron chi connectivity index (χ4n) is 1.69. The largest absolute Gasteiger partial charge is 0.493 e. The van der Waals surface area contributed by atoms with Crippen LogP contribution in [0.1, 0.15) is 18.9 Å². The van der Waals surface area contributed by atoms with E-state index in [0.717, 1.165) is 12.0 Å². The van der Waals surface area contributed by atoms with Crippen molar-refractivity contribution in [3.8, 4) is 11.5 Å². The summed E-state index contributed by atoms with van der Waals surface area (Å²) in [4.78, 5) is 11.7. The molecule has 0 spiro atoms. The molecule has 0 N–H and O–H groups in total. The molecule has 1 aliphatic carbocycles. The SMILES string of the molecule is COc1cc(C)ccc1OC(=O)C1CC1C. The molecule has 1 aromatic carbocycles. The number of hydrogen-bond donors (Lipinski definition) is 0. The van der Waals surface area contributed by atoms with Gasteiger partial charge in [-0.1, -0.05) is 13.0 Å². The normalized spacial score (nSPS) is 22.7. The summed E-state index contributed by atoms with van der Waals surface area (Å²) in [7, 11) is 1.58. The average Bonchev–Trinajstić information content (AvgIpc) is 2.98. The molecule has 1 aromatic rings. The van der Waals surface area contributed by atoms with Crippen molar-refractivity contribution in [2.75, 3.05) is 7.11 Å². The minimum absolute atomic E-state index is 0.0750. The second-order valence-electron chi connectivity index (χ2n) is 4.39. The zero-order chi connectivity index (χ0) is 11.7. The highest BCUT2D eigenvalue weighted by Gasteiger charge is 2.41. The number of carbonyl (C=O) groups excluding carboxylic acids is 1. The molecule has 0 heterocycles. The van der Waals surface area contributed by atoms with Crippen molar-refractivity contribution in [2.24, 2.45) is 11.8 Å². The van der Waals surface area contributed by atoms with Crippen molar-refractivity contribution in [3.05, 3.63) is 23.8 Å². The molecule has 0 aromatic heterocycles. The first-order chi connectivity index (χ1) is 7.61. The van der Waals surface area contributed by atoms with E-state index in [-0.39, 0.29) is 11.9 Å². The van der Waals surface area contributed by atoms with Crippen LogP contribution in [-0.4, -0.2) is 13.1 Å². The first-order valence-corrected chi connectivity index (χ1v) is 5.48. The van der Waals surface area contributed by atoms with E-state index in [4.69, 9.17) is 9.47 Å². The summed E-state index contributed by atoms with van der Waals surface area (Å²) in [5, 5.41) is 0. The maximum atomic E-state index is 11.7. The Morgan fingerprint density at radius 3 is 2.62 bits per heavy atom. The summed E-state index contributed by atoms with van der Waals surface area (Å²) in [5.41, 5.74) is 1.08. The van der Waals surface area contributed by atoms with Gasteiger partial charge >= 0.3 is 5.97 Å².